The van der Waals surface area contributed by atoms with Crippen molar-refractivity contribution in [2.24, 2.45) is 0 Å². The zero-order valence-corrected chi connectivity index (χ0v) is 14.5. The lowest BCUT2D eigenvalue weighted by molar-refractivity contribution is -0.119. The summed E-state index contributed by atoms with van der Waals surface area (Å²) >= 11 is 0. The van der Waals surface area contributed by atoms with E-state index in [1.807, 2.05) is 4.90 Å². The van der Waals surface area contributed by atoms with Gasteiger partial charge in [0, 0.05) is 32.0 Å². The number of piperidine rings is 1. The van der Waals surface area contributed by atoms with Gasteiger partial charge in [0.25, 0.3) is 5.88 Å². The van der Waals surface area contributed by atoms with Crippen molar-refractivity contribution in [2.45, 2.75) is 18.9 Å². The van der Waals surface area contributed by atoms with Crippen LogP contribution in [-0.2, 0) is 9.53 Å². The van der Waals surface area contributed by atoms with Crippen molar-refractivity contribution >= 4 is 23.3 Å². The van der Waals surface area contributed by atoms with Gasteiger partial charge in [-0.2, -0.15) is 0 Å². The number of amides is 1. The van der Waals surface area contributed by atoms with Crippen LogP contribution in [0.3, 0.4) is 0 Å². The van der Waals surface area contributed by atoms with Crippen LogP contribution in [0, 0.1) is 5.82 Å². The van der Waals surface area contributed by atoms with E-state index in [1.165, 1.54) is 17.2 Å². The van der Waals surface area contributed by atoms with Crippen LogP contribution >= 0.6 is 0 Å². The molecule has 0 bridgehead atoms. The maximum absolute atomic E-state index is 14.6. The summed E-state index contributed by atoms with van der Waals surface area (Å²) < 4.78 is 29.9. The number of nitrogens with zero attached hydrogens (tertiary/aromatic N) is 3. The van der Waals surface area contributed by atoms with Gasteiger partial charge < -0.3 is 18.9 Å². The van der Waals surface area contributed by atoms with Crippen LogP contribution in [0.2, 0.25) is 0 Å². The predicted molar refractivity (Wildman–Crippen MR) is 92.5 cm³/mol. The Kier molecular flexibility index (Phi) is 4.66. The molecular formula is C18H18FN3O5. The first-order valence-corrected chi connectivity index (χ1v) is 8.67. The largest absolute Gasteiger partial charge is 0.471 e. The van der Waals surface area contributed by atoms with Crippen molar-refractivity contribution in [3.8, 4) is 5.88 Å². The minimum Gasteiger partial charge on any atom is -0.471 e. The minimum atomic E-state index is -0.556. The van der Waals surface area contributed by atoms with Crippen LogP contribution in [0.15, 0.2) is 35.1 Å². The molecule has 2 fully saturated rings. The molecule has 4 rings (SSSR count). The predicted octanol–water partition coefficient (Wildman–Crippen LogP) is 2.39. The van der Waals surface area contributed by atoms with Gasteiger partial charge in [-0.25, -0.2) is 9.18 Å². The fraction of sp³-hybridized carbons (Fsp3) is 0.389. The van der Waals surface area contributed by atoms with Crippen molar-refractivity contribution < 1.29 is 28.0 Å². The summed E-state index contributed by atoms with van der Waals surface area (Å²) in [7, 11) is 0. The number of rotatable bonds is 5. The molecule has 0 spiro atoms. The lowest BCUT2D eigenvalue weighted by Gasteiger charge is -2.28. The summed E-state index contributed by atoms with van der Waals surface area (Å²) in [5, 5.41) is 3.62. The zero-order valence-electron chi connectivity index (χ0n) is 14.5. The zero-order chi connectivity index (χ0) is 18.8. The fourth-order valence-electron chi connectivity index (χ4n) is 3.19. The van der Waals surface area contributed by atoms with Crippen LogP contribution in [0.4, 0.5) is 20.6 Å². The Morgan fingerprint density at radius 3 is 2.74 bits per heavy atom. The van der Waals surface area contributed by atoms with Gasteiger partial charge in [-0.3, -0.25) is 9.69 Å². The Labute approximate surface area is 154 Å². The van der Waals surface area contributed by atoms with Crippen LogP contribution in [0.5, 0.6) is 5.88 Å². The molecule has 1 atom stereocenters. The number of anilines is 2. The van der Waals surface area contributed by atoms with E-state index in [0.29, 0.717) is 43.2 Å². The van der Waals surface area contributed by atoms with Crippen molar-refractivity contribution in [1.29, 1.82) is 0 Å². The lowest BCUT2D eigenvalue weighted by Crippen LogP contribution is -2.34. The monoisotopic (exact) mass is 375 g/mol. The number of hydrogen-bond acceptors (Lipinski definition) is 7. The van der Waals surface area contributed by atoms with Gasteiger partial charge in [0.2, 0.25) is 0 Å². The third kappa shape index (κ3) is 3.71. The standard InChI is InChI=1S/C18H18FN3O5/c19-15-9-12(1-2-16(15)21-6-3-13(23)4-7-21)22-10-14(27-18(22)24)11-25-17-5-8-26-20-17/h1-2,5,8-9,14H,3-4,6-7,10-11H2. The highest BCUT2D eigenvalue weighted by molar-refractivity contribution is 5.90. The number of benzene rings is 1. The molecule has 0 aliphatic carbocycles. The quantitative estimate of drug-likeness (QED) is 0.793. The summed E-state index contributed by atoms with van der Waals surface area (Å²) in [5.41, 5.74) is 0.850. The Hall–Kier alpha value is -3.10. The molecule has 142 valence electrons. The Bertz CT molecular complexity index is 832. The highest BCUT2D eigenvalue weighted by Crippen LogP contribution is 2.29. The van der Waals surface area contributed by atoms with E-state index in [4.69, 9.17) is 9.47 Å². The number of ketones is 1. The van der Waals surface area contributed by atoms with Crippen molar-refractivity contribution in [3.63, 3.8) is 0 Å². The summed E-state index contributed by atoms with van der Waals surface area (Å²) in [4.78, 5) is 26.7. The molecule has 1 aromatic carbocycles. The molecule has 2 aliphatic rings. The molecule has 1 aromatic heterocycles. The van der Waals surface area contributed by atoms with E-state index in [1.54, 1.807) is 18.2 Å². The van der Waals surface area contributed by atoms with E-state index in [-0.39, 0.29) is 18.9 Å². The molecule has 8 nitrogen and oxygen atoms in total. The third-order valence-corrected chi connectivity index (χ3v) is 4.61. The molecule has 3 heterocycles. The van der Waals surface area contributed by atoms with E-state index in [9.17, 15) is 14.0 Å². The van der Waals surface area contributed by atoms with Crippen LogP contribution in [0.25, 0.3) is 0 Å². The minimum absolute atomic E-state index is 0.122. The first-order chi connectivity index (χ1) is 13.1. The smallest absolute Gasteiger partial charge is 0.414 e. The maximum Gasteiger partial charge on any atom is 0.414 e. The lowest BCUT2D eigenvalue weighted by atomic mass is 10.1. The summed E-state index contributed by atoms with van der Waals surface area (Å²) in [6, 6.07) is 6.18. The molecule has 0 radical (unpaired) electrons. The molecule has 1 amide bonds. The van der Waals surface area contributed by atoms with Gasteiger partial charge in [0.15, 0.2) is 6.10 Å². The Balaban J connectivity index is 1.41. The maximum atomic E-state index is 14.6. The summed E-state index contributed by atoms with van der Waals surface area (Å²) in [5.74, 6) is 0.0684. The van der Waals surface area contributed by atoms with Crippen molar-refractivity contribution in [3.05, 3.63) is 36.3 Å². The number of ether oxygens (including phenoxy) is 2. The van der Waals surface area contributed by atoms with Gasteiger partial charge in [-0.15, -0.1) is 0 Å². The Morgan fingerprint density at radius 1 is 1.22 bits per heavy atom. The second-order valence-corrected chi connectivity index (χ2v) is 6.43. The molecule has 2 aliphatic heterocycles. The molecule has 2 saturated heterocycles. The SMILES string of the molecule is O=C1CCN(c2ccc(N3CC(COc4ccon4)OC3=O)cc2F)CC1. The van der Waals surface area contributed by atoms with Crippen LogP contribution in [-0.4, -0.2) is 49.4 Å². The van der Waals surface area contributed by atoms with E-state index in [2.05, 4.69) is 9.68 Å². The van der Waals surface area contributed by atoms with E-state index < -0.39 is 18.0 Å². The van der Waals surface area contributed by atoms with Gasteiger partial charge in [0.05, 0.1) is 17.9 Å². The van der Waals surface area contributed by atoms with E-state index >= 15 is 0 Å². The number of Topliss-reactive ketones (excluding diaryl/α,β-unsaturated/α-hetero) is 1. The molecular weight excluding hydrogens is 357 g/mol. The fourth-order valence-corrected chi connectivity index (χ4v) is 3.19. The number of hydrogen-bond donors (Lipinski definition) is 0. The molecule has 9 heteroatoms. The number of aromatic nitrogens is 1. The first kappa shape index (κ1) is 17.3. The second-order valence-electron chi connectivity index (χ2n) is 6.43. The molecule has 2 aromatic rings. The number of cyclic esters (lactones) is 1. The van der Waals surface area contributed by atoms with Crippen molar-refractivity contribution in [2.75, 3.05) is 36.0 Å². The van der Waals surface area contributed by atoms with E-state index in [0.717, 1.165) is 0 Å². The highest BCUT2D eigenvalue weighted by Gasteiger charge is 2.33. The summed E-state index contributed by atoms with van der Waals surface area (Å²) in [6.45, 7) is 1.37. The first-order valence-electron chi connectivity index (χ1n) is 8.67. The van der Waals surface area contributed by atoms with Crippen molar-refractivity contribution in [1.82, 2.24) is 5.16 Å². The van der Waals surface area contributed by atoms with Crippen LogP contribution in [0.1, 0.15) is 12.8 Å². The number of carbonyl (C=O) groups excluding carboxylic acids is 2. The molecule has 27 heavy (non-hydrogen) atoms. The molecule has 0 saturated carbocycles. The normalized spacial score (nSPS) is 20.1. The van der Waals surface area contributed by atoms with Gasteiger partial charge in [-0.05, 0) is 23.4 Å². The molecule has 1 unspecified atom stereocenters. The van der Waals surface area contributed by atoms with Gasteiger partial charge in [0.1, 0.15) is 24.5 Å². The van der Waals surface area contributed by atoms with Gasteiger partial charge >= 0.3 is 6.09 Å². The Morgan fingerprint density at radius 2 is 2.04 bits per heavy atom. The average molecular weight is 375 g/mol. The summed E-state index contributed by atoms with van der Waals surface area (Å²) in [6.07, 6.45) is 1.18. The highest BCUT2D eigenvalue weighted by atomic mass is 19.1. The van der Waals surface area contributed by atoms with Crippen LogP contribution < -0.4 is 14.5 Å². The number of carbonyl (C=O) groups is 2. The van der Waals surface area contributed by atoms with Gasteiger partial charge in [-0.1, -0.05) is 0 Å². The topological polar surface area (TPSA) is 85.1 Å². The third-order valence-electron chi connectivity index (χ3n) is 4.61. The molecule has 0 N–H and O–H groups in total. The average Bonchev–Trinajstić information content (AvgIpc) is 3.30. The number of halogens is 1. The second kappa shape index (κ2) is 7.26.